The number of amides is 1. The summed E-state index contributed by atoms with van der Waals surface area (Å²) in [6, 6.07) is 0.215. The van der Waals surface area contributed by atoms with Gasteiger partial charge in [-0.15, -0.1) is 12.4 Å². The molecule has 102 valence electrons. The quantitative estimate of drug-likeness (QED) is 0.826. The van der Waals surface area contributed by atoms with Crippen molar-refractivity contribution in [1.29, 1.82) is 0 Å². The van der Waals surface area contributed by atoms with E-state index in [1.165, 1.54) is 0 Å². The van der Waals surface area contributed by atoms with E-state index in [1.54, 1.807) is 0 Å². The average Bonchev–Trinajstić information content (AvgIpc) is 2.29. The number of halogens is 1. The summed E-state index contributed by atoms with van der Waals surface area (Å²) in [7, 11) is 0. The van der Waals surface area contributed by atoms with Gasteiger partial charge < -0.3 is 10.6 Å². The summed E-state index contributed by atoms with van der Waals surface area (Å²) in [4.78, 5) is 16.3. The molecule has 0 radical (unpaired) electrons. The highest BCUT2D eigenvalue weighted by Crippen LogP contribution is 2.13. The minimum Gasteiger partial charge on any atom is -0.342 e. The molecule has 1 aliphatic heterocycles. The van der Waals surface area contributed by atoms with Crippen LogP contribution in [0.3, 0.4) is 0 Å². The van der Waals surface area contributed by atoms with Gasteiger partial charge in [-0.3, -0.25) is 9.69 Å². The van der Waals surface area contributed by atoms with Crippen molar-refractivity contribution >= 4 is 18.3 Å². The molecule has 4 nitrogen and oxygen atoms in total. The SMILES string of the molecule is CCN(CC)C(=O)C(C)N1CCCC(N)C1.Cl. The van der Waals surface area contributed by atoms with E-state index in [1.807, 2.05) is 25.7 Å². The molecule has 1 saturated heterocycles. The molecule has 0 aromatic heterocycles. The standard InChI is InChI=1S/C12H25N3O.ClH/c1-4-14(5-2)12(16)10(3)15-8-6-7-11(13)9-15;/h10-11H,4-9,13H2,1-3H3;1H. The number of hydrogen-bond donors (Lipinski definition) is 1. The lowest BCUT2D eigenvalue weighted by molar-refractivity contribution is -0.136. The van der Waals surface area contributed by atoms with Gasteiger partial charge in [0.2, 0.25) is 5.91 Å². The van der Waals surface area contributed by atoms with E-state index < -0.39 is 0 Å². The van der Waals surface area contributed by atoms with Crippen molar-refractivity contribution in [3.05, 3.63) is 0 Å². The Hall–Kier alpha value is -0.320. The van der Waals surface area contributed by atoms with Crippen molar-refractivity contribution in [3.63, 3.8) is 0 Å². The van der Waals surface area contributed by atoms with Crippen LogP contribution in [-0.2, 0) is 4.79 Å². The van der Waals surface area contributed by atoms with Crippen molar-refractivity contribution in [2.24, 2.45) is 5.73 Å². The highest BCUT2D eigenvalue weighted by Gasteiger charge is 2.27. The van der Waals surface area contributed by atoms with Crippen molar-refractivity contribution in [1.82, 2.24) is 9.80 Å². The summed E-state index contributed by atoms with van der Waals surface area (Å²) in [6.07, 6.45) is 2.19. The van der Waals surface area contributed by atoms with Crippen LogP contribution in [-0.4, -0.2) is 54.0 Å². The van der Waals surface area contributed by atoms with Crippen LogP contribution >= 0.6 is 12.4 Å². The van der Waals surface area contributed by atoms with Gasteiger partial charge in [0.1, 0.15) is 0 Å². The maximum Gasteiger partial charge on any atom is 0.239 e. The molecule has 0 bridgehead atoms. The highest BCUT2D eigenvalue weighted by atomic mass is 35.5. The van der Waals surface area contributed by atoms with Gasteiger partial charge >= 0.3 is 0 Å². The zero-order chi connectivity index (χ0) is 12.1. The molecule has 1 aliphatic rings. The summed E-state index contributed by atoms with van der Waals surface area (Å²) in [5.41, 5.74) is 5.94. The Morgan fingerprint density at radius 1 is 1.47 bits per heavy atom. The van der Waals surface area contributed by atoms with Crippen molar-refractivity contribution in [2.75, 3.05) is 26.2 Å². The fraction of sp³-hybridized carbons (Fsp3) is 0.917. The van der Waals surface area contributed by atoms with Crippen molar-refractivity contribution in [3.8, 4) is 0 Å². The molecule has 0 aliphatic carbocycles. The second kappa shape index (κ2) is 7.90. The number of carbonyl (C=O) groups excluding carboxylic acids is 1. The van der Waals surface area contributed by atoms with E-state index in [9.17, 15) is 4.79 Å². The van der Waals surface area contributed by atoms with Gasteiger partial charge in [-0.2, -0.15) is 0 Å². The van der Waals surface area contributed by atoms with E-state index in [0.29, 0.717) is 0 Å². The first kappa shape index (κ1) is 16.7. The summed E-state index contributed by atoms with van der Waals surface area (Å²) in [5, 5.41) is 0. The van der Waals surface area contributed by atoms with Gasteiger partial charge in [-0.05, 0) is 40.2 Å². The molecule has 0 spiro atoms. The van der Waals surface area contributed by atoms with Gasteiger partial charge in [0.15, 0.2) is 0 Å². The lowest BCUT2D eigenvalue weighted by Crippen LogP contribution is -2.52. The Kier molecular flexibility index (Phi) is 7.75. The van der Waals surface area contributed by atoms with Gasteiger partial charge in [0.25, 0.3) is 0 Å². The van der Waals surface area contributed by atoms with E-state index in [-0.39, 0.29) is 30.4 Å². The third-order valence-corrected chi connectivity index (χ3v) is 3.47. The third kappa shape index (κ3) is 4.45. The van der Waals surface area contributed by atoms with Crippen LogP contribution in [0.2, 0.25) is 0 Å². The third-order valence-electron chi connectivity index (χ3n) is 3.47. The monoisotopic (exact) mass is 263 g/mol. The van der Waals surface area contributed by atoms with Gasteiger partial charge in [0, 0.05) is 25.7 Å². The number of likely N-dealkylation sites (N-methyl/N-ethyl adjacent to an activating group) is 1. The summed E-state index contributed by atoms with van der Waals surface area (Å²) >= 11 is 0. The molecule has 5 heteroatoms. The summed E-state index contributed by atoms with van der Waals surface area (Å²) < 4.78 is 0. The normalized spacial score (nSPS) is 22.7. The first-order chi connectivity index (χ1) is 7.60. The predicted molar refractivity (Wildman–Crippen MR) is 73.4 cm³/mol. The number of carbonyl (C=O) groups is 1. The Morgan fingerprint density at radius 2 is 2.06 bits per heavy atom. The molecule has 1 fully saturated rings. The average molecular weight is 264 g/mol. The highest BCUT2D eigenvalue weighted by molar-refractivity contribution is 5.85. The molecule has 0 aromatic carbocycles. The summed E-state index contributed by atoms with van der Waals surface area (Å²) in [6.45, 7) is 9.49. The zero-order valence-corrected chi connectivity index (χ0v) is 12.0. The fourth-order valence-corrected chi connectivity index (χ4v) is 2.35. The Labute approximate surface area is 111 Å². The van der Waals surface area contributed by atoms with Crippen LogP contribution in [0, 0.1) is 0 Å². The molecule has 2 atom stereocenters. The van der Waals surface area contributed by atoms with Crippen molar-refractivity contribution in [2.45, 2.75) is 45.7 Å². The minimum absolute atomic E-state index is 0. The van der Waals surface area contributed by atoms with Gasteiger partial charge in [-0.25, -0.2) is 0 Å². The number of likely N-dealkylation sites (tertiary alicyclic amines) is 1. The Morgan fingerprint density at radius 3 is 2.53 bits per heavy atom. The number of nitrogens with two attached hydrogens (primary N) is 1. The molecule has 2 N–H and O–H groups in total. The topological polar surface area (TPSA) is 49.6 Å². The smallest absolute Gasteiger partial charge is 0.239 e. The predicted octanol–water partition coefficient (Wildman–Crippen LogP) is 1.09. The number of rotatable bonds is 4. The first-order valence-electron chi connectivity index (χ1n) is 6.38. The van der Waals surface area contributed by atoms with E-state index >= 15 is 0 Å². The van der Waals surface area contributed by atoms with Crippen LogP contribution in [0.5, 0.6) is 0 Å². The van der Waals surface area contributed by atoms with E-state index in [4.69, 9.17) is 5.73 Å². The Bertz CT molecular complexity index is 234. The number of hydrogen-bond acceptors (Lipinski definition) is 3. The summed E-state index contributed by atoms with van der Waals surface area (Å²) in [5.74, 6) is 0.235. The molecular formula is C12H26ClN3O. The van der Waals surface area contributed by atoms with Crippen LogP contribution in [0.15, 0.2) is 0 Å². The Balaban J connectivity index is 0.00000256. The molecular weight excluding hydrogens is 238 g/mol. The number of nitrogens with zero attached hydrogens (tertiary/aromatic N) is 2. The minimum atomic E-state index is -0.0220. The van der Waals surface area contributed by atoms with Crippen LogP contribution in [0.4, 0.5) is 0 Å². The molecule has 1 heterocycles. The van der Waals surface area contributed by atoms with Gasteiger partial charge in [0.05, 0.1) is 6.04 Å². The molecule has 2 unspecified atom stereocenters. The number of piperidine rings is 1. The largest absolute Gasteiger partial charge is 0.342 e. The van der Waals surface area contributed by atoms with E-state index in [2.05, 4.69) is 4.90 Å². The lowest BCUT2D eigenvalue weighted by Gasteiger charge is -2.36. The molecule has 1 amide bonds. The molecule has 1 rings (SSSR count). The van der Waals surface area contributed by atoms with Crippen LogP contribution < -0.4 is 5.73 Å². The van der Waals surface area contributed by atoms with Gasteiger partial charge in [-0.1, -0.05) is 0 Å². The molecule has 17 heavy (non-hydrogen) atoms. The van der Waals surface area contributed by atoms with Crippen LogP contribution in [0.25, 0.3) is 0 Å². The zero-order valence-electron chi connectivity index (χ0n) is 11.2. The first-order valence-corrected chi connectivity index (χ1v) is 6.38. The lowest BCUT2D eigenvalue weighted by atomic mass is 10.0. The molecule has 0 aromatic rings. The maximum absolute atomic E-state index is 12.2. The van der Waals surface area contributed by atoms with E-state index in [0.717, 1.165) is 39.0 Å². The van der Waals surface area contributed by atoms with Crippen molar-refractivity contribution < 1.29 is 4.79 Å². The van der Waals surface area contributed by atoms with Crippen LogP contribution in [0.1, 0.15) is 33.6 Å². The second-order valence-electron chi connectivity index (χ2n) is 4.58. The maximum atomic E-state index is 12.2. The fourth-order valence-electron chi connectivity index (χ4n) is 2.35. The molecule has 0 saturated carbocycles. The second-order valence-corrected chi connectivity index (χ2v) is 4.58.